The maximum absolute atomic E-state index is 13.0. The summed E-state index contributed by atoms with van der Waals surface area (Å²) in [7, 11) is -3.53. The van der Waals surface area contributed by atoms with Crippen molar-refractivity contribution in [3.8, 4) is 6.07 Å². The lowest BCUT2D eigenvalue weighted by Gasteiger charge is -2.34. The van der Waals surface area contributed by atoms with Crippen molar-refractivity contribution < 1.29 is 8.42 Å². The van der Waals surface area contributed by atoms with Crippen molar-refractivity contribution in [1.82, 2.24) is 14.3 Å². The van der Waals surface area contributed by atoms with E-state index in [1.807, 2.05) is 43.9 Å². The fourth-order valence-electron chi connectivity index (χ4n) is 3.00. The summed E-state index contributed by atoms with van der Waals surface area (Å²) in [5, 5.41) is 9.06. The van der Waals surface area contributed by atoms with Gasteiger partial charge in [0, 0.05) is 31.9 Å². The average molecular weight is 371 g/mol. The molecule has 7 nitrogen and oxygen atoms in total. The molecule has 2 aromatic rings. The van der Waals surface area contributed by atoms with Gasteiger partial charge in [-0.1, -0.05) is 12.1 Å². The fourth-order valence-corrected chi connectivity index (χ4v) is 4.74. The number of aromatic nitrogens is 2. The molecule has 0 saturated carbocycles. The summed E-state index contributed by atoms with van der Waals surface area (Å²) in [6, 6.07) is 9.13. The Morgan fingerprint density at radius 3 is 2.38 bits per heavy atom. The first kappa shape index (κ1) is 18.3. The van der Waals surface area contributed by atoms with Gasteiger partial charge in [-0.25, -0.2) is 18.4 Å². The first-order chi connectivity index (χ1) is 12.3. The number of anilines is 1. The van der Waals surface area contributed by atoms with E-state index in [0.717, 1.165) is 16.8 Å². The van der Waals surface area contributed by atoms with Crippen molar-refractivity contribution >= 4 is 16.0 Å². The van der Waals surface area contributed by atoms with Crippen LogP contribution < -0.4 is 4.90 Å². The highest BCUT2D eigenvalue weighted by Gasteiger charge is 2.30. The Balaban J connectivity index is 1.79. The molecule has 136 valence electrons. The van der Waals surface area contributed by atoms with Gasteiger partial charge in [0.1, 0.15) is 11.8 Å². The van der Waals surface area contributed by atoms with Crippen LogP contribution in [0.4, 0.5) is 5.95 Å². The van der Waals surface area contributed by atoms with Crippen LogP contribution in [0.1, 0.15) is 22.5 Å². The Hall–Kier alpha value is -2.50. The number of piperazine rings is 1. The first-order valence-corrected chi connectivity index (χ1v) is 9.83. The summed E-state index contributed by atoms with van der Waals surface area (Å²) >= 11 is 0. The van der Waals surface area contributed by atoms with E-state index >= 15 is 0 Å². The molecule has 26 heavy (non-hydrogen) atoms. The second-order valence-corrected chi connectivity index (χ2v) is 8.37. The van der Waals surface area contributed by atoms with Gasteiger partial charge in [-0.05, 0) is 44.0 Å². The molecule has 0 aliphatic carbocycles. The molecule has 0 bridgehead atoms. The van der Waals surface area contributed by atoms with E-state index in [2.05, 4.69) is 9.97 Å². The number of nitriles is 1. The highest BCUT2D eigenvalue weighted by atomic mass is 32.2. The monoisotopic (exact) mass is 371 g/mol. The van der Waals surface area contributed by atoms with Crippen LogP contribution in [0, 0.1) is 32.1 Å². The van der Waals surface area contributed by atoms with Gasteiger partial charge in [0.05, 0.1) is 4.90 Å². The van der Waals surface area contributed by atoms with Gasteiger partial charge in [-0.2, -0.15) is 9.57 Å². The molecule has 0 unspecified atom stereocenters. The summed E-state index contributed by atoms with van der Waals surface area (Å²) in [4.78, 5) is 10.9. The summed E-state index contributed by atoms with van der Waals surface area (Å²) in [6.45, 7) is 7.19. The van der Waals surface area contributed by atoms with Crippen molar-refractivity contribution in [3.05, 3.63) is 46.8 Å². The Bertz CT molecular complexity index is 974. The minimum Gasteiger partial charge on any atom is -0.338 e. The van der Waals surface area contributed by atoms with Gasteiger partial charge in [0.15, 0.2) is 0 Å². The molecular formula is C18H21N5O2S. The van der Waals surface area contributed by atoms with Crippen molar-refractivity contribution in [2.24, 2.45) is 0 Å². The van der Waals surface area contributed by atoms with Crippen LogP contribution in [-0.4, -0.2) is 48.9 Å². The molecular weight excluding hydrogens is 350 g/mol. The number of hydrogen-bond donors (Lipinski definition) is 0. The molecule has 1 aliphatic heterocycles. The van der Waals surface area contributed by atoms with Gasteiger partial charge in [0.2, 0.25) is 16.0 Å². The molecule has 0 N–H and O–H groups in total. The predicted octanol–water partition coefficient (Wildman–Crippen LogP) is 1.78. The largest absolute Gasteiger partial charge is 0.338 e. The van der Waals surface area contributed by atoms with Crippen molar-refractivity contribution in [2.45, 2.75) is 25.7 Å². The smallest absolute Gasteiger partial charge is 0.243 e. The lowest BCUT2D eigenvalue weighted by atomic mass is 10.2. The van der Waals surface area contributed by atoms with Crippen LogP contribution in [0.15, 0.2) is 29.2 Å². The molecule has 1 aliphatic rings. The topological polar surface area (TPSA) is 90.2 Å². The highest BCUT2D eigenvalue weighted by Crippen LogP contribution is 2.23. The minimum atomic E-state index is -3.53. The molecule has 1 fully saturated rings. The summed E-state index contributed by atoms with van der Waals surface area (Å²) in [5.74, 6) is 0.477. The number of hydrogen-bond acceptors (Lipinski definition) is 6. The molecule has 1 aromatic carbocycles. The quantitative estimate of drug-likeness (QED) is 0.817. The molecule has 0 amide bonds. The third-order valence-electron chi connectivity index (χ3n) is 4.44. The zero-order valence-electron chi connectivity index (χ0n) is 15.1. The first-order valence-electron chi connectivity index (χ1n) is 8.39. The number of sulfonamides is 1. The fraction of sp³-hybridized carbons (Fsp3) is 0.389. The van der Waals surface area contributed by atoms with Crippen molar-refractivity contribution in [2.75, 3.05) is 31.1 Å². The number of nitrogens with zero attached hydrogens (tertiary/aromatic N) is 5. The minimum absolute atomic E-state index is 0.318. The molecule has 1 aromatic heterocycles. The Morgan fingerprint density at radius 1 is 1.04 bits per heavy atom. The zero-order valence-corrected chi connectivity index (χ0v) is 15.9. The Morgan fingerprint density at radius 2 is 1.73 bits per heavy atom. The SMILES string of the molecule is Cc1ccc(C)c(S(=O)(=O)N2CCN(c3nc(C)cc(C#N)n3)CC2)c1. The van der Waals surface area contributed by atoms with Crippen molar-refractivity contribution in [3.63, 3.8) is 0 Å². The second-order valence-electron chi connectivity index (χ2n) is 6.47. The van der Waals surface area contributed by atoms with E-state index in [1.54, 1.807) is 12.1 Å². The van der Waals surface area contributed by atoms with E-state index in [4.69, 9.17) is 5.26 Å². The van der Waals surface area contributed by atoms with Crippen LogP contribution in [-0.2, 0) is 10.0 Å². The number of rotatable bonds is 3. The molecule has 1 saturated heterocycles. The van der Waals surface area contributed by atoms with Crippen LogP contribution >= 0.6 is 0 Å². The molecule has 0 spiro atoms. The maximum atomic E-state index is 13.0. The van der Waals surface area contributed by atoms with E-state index in [-0.39, 0.29) is 0 Å². The van der Waals surface area contributed by atoms with Crippen molar-refractivity contribution in [1.29, 1.82) is 5.26 Å². The van der Waals surface area contributed by atoms with E-state index in [9.17, 15) is 8.42 Å². The Kier molecular flexibility index (Phi) is 4.94. The lowest BCUT2D eigenvalue weighted by molar-refractivity contribution is 0.382. The van der Waals surface area contributed by atoms with E-state index in [1.165, 1.54) is 4.31 Å². The molecule has 8 heteroatoms. The number of aryl methyl sites for hydroxylation is 3. The number of benzene rings is 1. The van der Waals surface area contributed by atoms with Gasteiger partial charge in [0.25, 0.3) is 0 Å². The van der Waals surface area contributed by atoms with Gasteiger partial charge in [-0.3, -0.25) is 0 Å². The maximum Gasteiger partial charge on any atom is 0.243 e. The van der Waals surface area contributed by atoms with Crippen LogP contribution in [0.3, 0.4) is 0 Å². The van der Waals surface area contributed by atoms with Crippen LogP contribution in [0.2, 0.25) is 0 Å². The summed E-state index contributed by atoms with van der Waals surface area (Å²) in [5.41, 5.74) is 2.71. The average Bonchev–Trinajstić information content (AvgIpc) is 2.63. The second kappa shape index (κ2) is 7.02. The van der Waals surface area contributed by atoms with Crippen LogP contribution in [0.25, 0.3) is 0 Å². The standard InChI is InChI=1S/C18H21N5O2S/c1-13-4-5-14(2)17(10-13)26(24,25)23-8-6-22(7-9-23)18-20-15(3)11-16(12-19)21-18/h4-5,10-11H,6-9H2,1-3H3. The van der Waals surface area contributed by atoms with Gasteiger partial charge in [-0.15, -0.1) is 0 Å². The predicted molar refractivity (Wildman–Crippen MR) is 98.4 cm³/mol. The molecule has 0 radical (unpaired) electrons. The van der Waals surface area contributed by atoms with Gasteiger partial charge >= 0.3 is 0 Å². The molecule has 0 atom stereocenters. The Labute approximate surface area is 154 Å². The van der Waals surface area contributed by atoms with E-state index in [0.29, 0.717) is 42.7 Å². The molecule has 2 heterocycles. The third-order valence-corrected chi connectivity index (χ3v) is 6.48. The summed E-state index contributed by atoms with van der Waals surface area (Å²) < 4.78 is 27.5. The highest BCUT2D eigenvalue weighted by molar-refractivity contribution is 7.89. The van der Waals surface area contributed by atoms with Crippen LogP contribution in [0.5, 0.6) is 0 Å². The lowest BCUT2D eigenvalue weighted by Crippen LogP contribution is -2.49. The third kappa shape index (κ3) is 3.54. The zero-order chi connectivity index (χ0) is 18.9. The summed E-state index contributed by atoms with van der Waals surface area (Å²) in [6.07, 6.45) is 0. The van der Waals surface area contributed by atoms with Gasteiger partial charge < -0.3 is 4.90 Å². The molecule has 3 rings (SSSR count). The van der Waals surface area contributed by atoms with E-state index < -0.39 is 10.0 Å². The normalized spacial score (nSPS) is 15.7.